The number of ether oxygens (including phenoxy) is 2. The second-order valence-corrected chi connectivity index (χ2v) is 6.76. The van der Waals surface area contributed by atoms with E-state index in [0.717, 1.165) is 12.2 Å². The van der Waals surface area contributed by atoms with Crippen LogP contribution in [0.25, 0.3) is 0 Å². The smallest absolute Gasteiger partial charge is 0.257 e. The number of hydrogen-bond donors (Lipinski definition) is 5. The molecule has 0 heterocycles. The highest BCUT2D eigenvalue weighted by atomic mass is 16.5. The molecular weight excluding hydrogens is 384 g/mol. The summed E-state index contributed by atoms with van der Waals surface area (Å²) in [5.74, 6) is 1.03. The molecule has 0 saturated carbocycles. The number of anilines is 2. The summed E-state index contributed by atoms with van der Waals surface area (Å²) in [6.45, 7) is 3.84. The summed E-state index contributed by atoms with van der Waals surface area (Å²) in [7, 11) is 3.97. The summed E-state index contributed by atoms with van der Waals surface area (Å²) in [5.41, 5.74) is 13.0. The Morgan fingerprint density at radius 1 is 1.07 bits per heavy atom. The number of amidine groups is 1. The van der Waals surface area contributed by atoms with Gasteiger partial charge in [0.25, 0.3) is 5.91 Å². The summed E-state index contributed by atoms with van der Waals surface area (Å²) >= 11 is 0. The number of likely N-dealkylation sites (N-methyl/N-ethyl adjacent to an activating group) is 1. The number of hydrogen-bond acceptors (Lipinski definition) is 7. The first kappa shape index (κ1) is 22.8. The van der Waals surface area contributed by atoms with Crippen LogP contribution in [0.5, 0.6) is 11.5 Å². The molecule has 0 spiro atoms. The minimum Gasteiger partial charge on any atom is -0.490 e. The molecule has 1 amide bonds. The first-order chi connectivity index (χ1) is 14.4. The molecule has 0 unspecified atom stereocenters. The fraction of sp³-hybridized carbons (Fsp3) is 0.333. The third-order valence-corrected chi connectivity index (χ3v) is 4.03. The zero-order chi connectivity index (χ0) is 21.9. The van der Waals surface area contributed by atoms with E-state index in [-0.39, 0.29) is 18.3 Å². The van der Waals surface area contributed by atoms with Crippen LogP contribution in [0, 0.1) is 5.41 Å². The molecule has 0 aliphatic carbocycles. The number of amides is 1. The number of benzene rings is 2. The van der Waals surface area contributed by atoms with Crippen LogP contribution in [-0.4, -0.2) is 57.0 Å². The number of nitrogens with one attached hydrogen (secondary N) is 4. The molecule has 9 heteroatoms. The molecular formula is C21H30N6O3. The van der Waals surface area contributed by atoms with Gasteiger partial charge in [-0.25, -0.2) is 0 Å². The summed E-state index contributed by atoms with van der Waals surface area (Å²) in [4.78, 5) is 14.1. The van der Waals surface area contributed by atoms with E-state index in [1.165, 1.54) is 0 Å². The fourth-order valence-electron chi connectivity index (χ4n) is 2.45. The lowest BCUT2D eigenvalue weighted by molar-refractivity contribution is -0.118. The molecule has 0 radical (unpaired) electrons. The largest absolute Gasteiger partial charge is 0.490 e. The minimum atomic E-state index is -0.241. The summed E-state index contributed by atoms with van der Waals surface area (Å²) in [6.07, 6.45) is 0. The van der Waals surface area contributed by atoms with Crippen molar-refractivity contribution in [2.75, 3.05) is 51.1 Å². The van der Waals surface area contributed by atoms with Crippen molar-refractivity contribution in [3.05, 3.63) is 48.0 Å². The monoisotopic (exact) mass is 414 g/mol. The molecule has 0 fully saturated rings. The van der Waals surface area contributed by atoms with Crippen molar-refractivity contribution in [1.29, 1.82) is 5.41 Å². The van der Waals surface area contributed by atoms with Crippen LogP contribution in [0.2, 0.25) is 0 Å². The highest BCUT2D eigenvalue weighted by molar-refractivity contribution is 5.95. The van der Waals surface area contributed by atoms with Gasteiger partial charge in [0.2, 0.25) is 0 Å². The number of nitrogens with two attached hydrogens (primary N) is 1. The van der Waals surface area contributed by atoms with Gasteiger partial charge in [0, 0.05) is 23.9 Å². The van der Waals surface area contributed by atoms with Crippen LogP contribution in [-0.2, 0) is 4.79 Å². The van der Waals surface area contributed by atoms with Gasteiger partial charge in [0.05, 0.1) is 18.8 Å². The number of nitrogens with zero attached hydrogens (tertiary/aromatic N) is 1. The lowest BCUT2D eigenvalue weighted by Gasteiger charge is -2.16. The average molecular weight is 415 g/mol. The second kappa shape index (κ2) is 11.5. The first-order valence-corrected chi connectivity index (χ1v) is 9.66. The SMILES string of the molecule is CCOc1cc(NNC(=O)CNc2ccc(C(=N)N)cc2)ccc1OCCN(C)C. The maximum Gasteiger partial charge on any atom is 0.257 e. The Bertz CT molecular complexity index is 839. The number of carbonyl (C=O) groups is 1. The van der Waals surface area contributed by atoms with E-state index < -0.39 is 0 Å². The van der Waals surface area contributed by atoms with E-state index in [2.05, 4.69) is 16.2 Å². The van der Waals surface area contributed by atoms with Gasteiger partial charge >= 0.3 is 0 Å². The Hall–Kier alpha value is -3.46. The van der Waals surface area contributed by atoms with Crippen LogP contribution >= 0.6 is 0 Å². The van der Waals surface area contributed by atoms with Gasteiger partial charge in [-0.2, -0.15) is 0 Å². The third-order valence-electron chi connectivity index (χ3n) is 4.03. The standard InChI is InChI=1S/C21H30N6O3/c1-4-29-19-13-17(9-10-18(19)30-12-11-27(2)3)25-26-20(28)14-24-16-7-5-15(6-8-16)21(22)23/h5-10,13,24-25H,4,11-12,14H2,1-3H3,(H3,22,23)(H,26,28). The Kier molecular flexibility index (Phi) is 8.76. The Balaban J connectivity index is 1.85. The average Bonchev–Trinajstić information content (AvgIpc) is 2.72. The maximum absolute atomic E-state index is 12.1. The molecule has 2 aromatic rings. The zero-order valence-electron chi connectivity index (χ0n) is 17.6. The normalized spacial score (nSPS) is 10.4. The molecule has 0 aliphatic rings. The molecule has 30 heavy (non-hydrogen) atoms. The number of carbonyl (C=O) groups excluding carboxylic acids is 1. The zero-order valence-corrected chi connectivity index (χ0v) is 17.6. The predicted octanol–water partition coefficient (Wildman–Crippen LogP) is 1.86. The summed E-state index contributed by atoms with van der Waals surface area (Å²) in [5, 5.41) is 10.4. The Labute approximate surface area is 177 Å². The van der Waals surface area contributed by atoms with Crippen LogP contribution in [0.1, 0.15) is 12.5 Å². The number of hydrazine groups is 1. The van der Waals surface area contributed by atoms with Crippen LogP contribution in [0.15, 0.2) is 42.5 Å². The molecule has 9 nitrogen and oxygen atoms in total. The Morgan fingerprint density at radius 2 is 1.77 bits per heavy atom. The van der Waals surface area contributed by atoms with E-state index in [9.17, 15) is 4.79 Å². The van der Waals surface area contributed by atoms with Gasteiger partial charge in [-0.15, -0.1) is 0 Å². The van der Waals surface area contributed by atoms with Crippen molar-refractivity contribution in [2.45, 2.75) is 6.92 Å². The molecule has 0 saturated heterocycles. The van der Waals surface area contributed by atoms with Crippen molar-refractivity contribution in [3.8, 4) is 11.5 Å². The predicted molar refractivity (Wildman–Crippen MR) is 119 cm³/mol. The second-order valence-electron chi connectivity index (χ2n) is 6.76. The van der Waals surface area contributed by atoms with E-state index in [4.69, 9.17) is 20.6 Å². The third kappa shape index (κ3) is 7.51. The molecule has 2 aromatic carbocycles. The van der Waals surface area contributed by atoms with Gasteiger partial charge in [0.15, 0.2) is 11.5 Å². The van der Waals surface area contributed by atoms with Crippen molar-refractivity contribution in [2.24, 2.45) is 5.73 Å². The molecule has 2 rings (SSSR count). The van der Waals surface area contributed by atoms with Crippen LogP contribution in [0.3, 0.4) is 0 Å². The van der Waals surface area contributed by atoms with Crippen LogP contribution in [0.4, 0.5) is 11.4 Å². The highest BCUT2D eigenvalue weighted by Crippen LogP contribution is 2.30. The van der Waals surface area contributed by atoms with Crippen molar-refractivity contribution in [1.82, 2.24) is 10.3 Å². The molecule has 0 bridgehead atoms. The molecule has 162 valence electrons. The van der Waals surface area contributed by atoms with Crippen molar-refractivity contribution < 1.29 is 14.3 Å². The van der Waals surface area contributed by atoms with Gasteiger partial charge in [-0.1, -0.05) is 0 Å². The van der Waals surface area contributed by atoms with Gasteiger partial charge in [-0.05, 0) is 57.4 Å². The van der Waals surface area contributed by atoms with E-state index in [1.807, 2.05) is 38.1 Å². The lowest BCUT2D eigenvalue weighted by atomic mass is 10.2. The molecule has 0 aromatic heterocycles. The van der Waals surface area contributed by atoms with E-state index in [0.29, 0.717) is 36.0 Å². The highest BCUT2D eigenvalue weighted by Gasteiger charge is 2.08. The Morgan fingerprint density at radius 3 is 2.40 bits per heavy atom. The van der Waals surface area contributed by atoms with Gasteiger partial charge in [-0.3, -0.25) is 21.1 Å². The van der Waals surface area contributed by atoms with Crippen molar-refractivity contribution >= 4 is 23.1 Å². The van der Waals surface area contributed by atoms with Gasteiger partial charge in [0.1, 0.15) is 12.4 Å². The maximum atomic E-state index is 12.1. The van der Waals surface area contributed by atoms with Crippen molar-refractivity contribution in [3.63, 3.8) is 0 Å². The first-order valence-electron chi connectivity index (χ1n) is 9.66. The summed E-state index contributed by atoms with van der Waals surface area (Å²) < 4.78 is 11.4. The fourth-order valence-corrected chi connectivity index (χ4v) is 2.45. The molecule has 6 N–H and O–H groups in total. The number of rotatable bonds is 12. The van der Waals surface area contributed by atoms with E-state index >= 15 is 0 Å². The molecule has 0 atom stereocenters. The van der Waals surface area contributed by atoms with Crippen LogP contribution < -0.4 is 31.4 Å². The molecule has 0 aliphatic heterocycles. The topological polar surface area (TPSA) is 125 Å². The lowest BCUT2D eigenvalue weighted by Crippen LogP contribution is -2.34. The van der Waals surface area contributed by atoms with E-state index in [1.54, 1.807) is 30.3 Å². The number of nitrogen functional groups attached to an aromatic ring is 1. The van der Waals surface area contributed by atoms with Gasteiger partial charge < -0.3 is 25.4 Å². The minimum absolute atomic E-state index is 0.00373. The quantitative estimate of drug-likeness (QED) is 0.204. The summed E-state index contributed by atoms with van der Waals surface area (Å²) in [6, 6.07) is 12.4.